The van der Waals surface area contributed by atoms with E-state index in [4.69, 9.17) is 21.3 Å². The van der Waals surface area contributed by atoms with Gasteiger partial charge in [-0.15, -0.1) is 11.3 Å². The summed E-state index contributed by atoms with van der Waals surface area (Å²) in [4.78, 5) is 22.5. The van der Waals surface area contributed by atoms with Crippen LogP contribution in [0.25, 0.3) is 15.6 Å². The van der Waals surface area contributed by atoms with Crippen LogP contribution >= 0.6 is 22.9 Å². The van der Waals surface area contributed by atoms with Crippen LogP contribution in [0.5, 0.6) is 0 Å². The van der Waals surface area contributed by atoms with E-state index in [0.717, 1.165) is 54.5 Å². The van der Waals surface area contributed by atoms with Crippen molar-refractivity contribution in [1.29, 1.82) is 0 Å². The Morgan fingerprint density at radius 1 is 1.17 bits per heavy atom. The van der Waals surface area contributed by atoms with E-state index in [1.54, 1.807) is 16.2 Å². The Balaban J connectivity index is 1.39. The molecule has 0 unspecified atom stereocenters. The zero-order valence-corrected chi connectivity index (χ0v) is 19.4. The summed E-state index contributed by atoms with van der Waals surface area (Å²) >= 11 is 8.50. The minimum Gasteiger partial charge on any atom is -0.444 e. The van der Waals surface area contributed by atoms with Gasteiger partial charge in [0.25, 0.3) is 0 Å². The van der Waals surface area contributed by atoms with Gasteiger partial charge in [0, 0.05) is 38.3 Å². The fourth-order valence-corrected chi connectivity index (χ4v) is 4.88. The van der Waals surface area contributed by atoms with E-state index in [9.17, 15) is 4.79 Å². The van der Waals surface area contributed by atoms with Crippen molar-refractivity contribution in [2.45, 2.75) is 39.2 Å². The van der Waals surface area contributed by atoms with Crippen molar-refractivity contribution in [2.24, 2.45) is 0 Å². The molecule has 4 rings (SSSR count). The maximum absolute atomic E-state index is 12.3. The van der Waals surface area contributed by atoms with Crippen LogP contribution in [0.4, 0.5) is 4.79 Å². The van der Waals surface area contributed by atoms with Gasteiger partial charge in [0.15, 0.2) is 0 Å². The summed E-state index contributed by atoms with van der Waals surface area (Å²) in [5.41, 5.74) is 3.98. The fraction of sp³-hybridized carbons (Fsp3) is 0.478. The van der Waals surface area contributed by atoms with E-state index in [2.05, 4.69) is 34.5 Å². The number of hydrogen-bond acceptors (Lipinski definition) is 5. The molecule has 7 heteroatoms. The molecule has 1 saturated heterocycles. The summed E-state index contributed by atoms with van der Waals surface area (Å²) in [7, 11) is 0. The second-order valence-corrected chi connectivity index (χ2v) is 10.2. The van der Waals surface area contributed by atoms with Crippen LogP contribution in [0.3, 0.4) is 0 Å². The molecule has 3 heterocycles. The second-order valence-electron chi connectivity index (χ2n) is 8.83. The quantitative estimate of drug-likeness (QED) is 0.646. The number of ether oxygens (including phenoxy) is 1. The van der Waals surface area contributed by atoms with Crippen LogP contribution in [-0.2, 0) is 11.2 Å². The van der Waals surface area contributed by atoms with E-state index in [0.29, 0.717) is 13.1 Å². The molecule has 1 fully saturated rings. The molecule has 1 aliphatic carbocycles. The molecule has 0 atom stereocenters. The third-order valence-corrected chi connectivity index (χ3v) is 6.76. The molecule has 5 nitrogen and oxygen atoms in total. The van der Waals surface area contributed by atoms with Gasteiger partial charge in [-0.05, 0) is 62.8 Å². The van der Waals surface area contributed by atoms with Crippen molar-refractivity contribution in [3.63, 3.8) is 0 Å². The van der Waals surface area contributed by atoms with E-state index < -0.39 is 5.60 Å². The fourth-order valence-electron chi connectivity index (χ4n) is 3.86. The van der Waals surface area contributed by atoms with Gasteiger partial charge in [-0.1, -0.05) is 17.7 Å². The Bertz CT molecular complexity index is 942. The van der Waals surface area contributed by atoms with Crippen LogP contribution in [-0.4, -0.2) is 59.2 Å². The molecule has 0 spiro atoms. The number of piperazine rings is 1. The van der Waals surface area contributed by atoms with Gasteiger partial charge < -0.3 is 9.64 Å². The Morgan fingerprint density at radius 3 is 2.60 bits per heavy atom. The van der Waals surface area contributed by atoms with Crippen LogP contribution < -0.4 is 0 Å². The summed E-state index contributed by atoms with van der Waals surface area (Å²) in [5.74, 6) is 0. The van der Waals surface area contributed by atoms with E-state index in [1.165, 1.54) is 10.5 Å². The highest BCUT2D eigenvalue weighted by molar-refractivity contribution is 7.13. The monoisotopic (exact) mass is 445 g/mol. The number of amides is 1. The molecule has 1 amide bonds. The first-order valence-electron chi connectivity index (χ1n) is 10.4. The first kappa shape index (κ1) is 21.3. The molecule has 160 valence electrons. The topological polar surface area (TPSA) is 45.7 Å². The number of halogens is 1. The molecular formula is C23H28ClN3O2S. The number of carbonyl (C=O) groups excluding carboxylic acids is 1. The van der Waals surface area contributed by atoms with Gasteiger partial charge in [-0.3, -0.25) is 9.88 Å². The lowest BCUT2D eigenvalue weighted by atomic mass is 9.95. The number of hydrogen-bond donors (Lipinski definition) is 0. The average molecular weight is 446 g/mol. The van der Waals surface area contributed by atoms with E-state index >= 15 is 0 Å². The van der Waals surface area contributed by atoms with Crippen LogP contribution in [0.2, 0.25) is 0 Å². The first-order chi connectivity index (χ1) is 14.3. The number of thiophene rings is 1. The summed E-state index contributed by atoms with van der Waals surface area (Å²) in [6.45, 7) is 9.56. The molecule has 2 aromatic rings. The van der Waals surface area contributed by atoms with Gasteiger partial charge in [-0.25, -0.2) is 4.79 Å². The number of rotatable bonds is 3. The zero-order valence-electron chi connectivity index (χ0n) is 17.8. The molecule has 0 bridgehead atoms. The molecule has 0 radical (unpaired) electrons. The number of fused-ring (bicyclic) bond motifs is 1. The third-order valence-electron chi connectivity index (χ3n) is 5.40. The number of carbonyl (C=O) groups is 1. The third kappa shape index (κ3) is 4.88. The maximum Gasteiger partial charge on any atom is 0.410 e. The van der Waals surface area contributed by atoms with Gasteiger partial charge in [0.05, 0.1) is 21.3 Å². The molecule has 30 heavy (non-hydrogen) atoms. The van der Waals surface area contributed by atoms with Crippen molar-refractivity contribution in [2.75, 3.05) is 32.7 Å². The molecular weight excluding hydrogens is 418 g/mol. The zero-order chi connectivity index (χ0) is 21.3. The number of aromatic nitrogens is 1. The van der Waals surface area contributed by atoms with Crippen LogP contribution in [0.15, 0.2) is 35.2 Å². The lowest BCUT2D eigenvalue weighted by Crippen LogP contribution is -2.50. The number of nitrogens with zero attached hydrogens (tertiary/aromatic N) is 3. The SMILES string of the molecule is CC(C)(C)OC(=O)N1CCN(CC2=C(Cl)c3ccc(-c4cccs4)nc3CC2)CC1. The number of pyridine rings is 1. The highest BCUT2D eigenvalue weighted by Crippen LogP contribution is 2.35. The predicted octanol–water partition coefficient (Wildman–Crippen LogP) is 5.26. The largest absolute Gasteiger partial charge is 0.444 e. The summed E-state index contributed by atoms with van der Waals surface area (Å²) in [6.07, 6.45) is 1.62. The number of aryl methyl sites for hydroxylation is 1. The minimum absolute atomic E-state index is 0.224. The van der Waals surface area contributed by atoms with Gasteiger partial charge >= 0.3 is 6.09 Å². The summed E-state index contributed by atoms with van der Waals surface area (Å²) in [6, 6.07) is 8.33. The molecule has 2 aliphatic rings. The highest BCUT2D eigenvalue weighted by atomic mass is 35.5. The lowest BCUT2D eigenvalue weighted by Gasteiger charge is -2.36. The van der Waals surface area contributed by atoms with Gasteiger partial charge in [0.1, 0.15) is 5.60 Å². The van der Waals surface area contributed by atoms with Gasteiger partial charge in [0.2, 0.25) is 0 Å². The smallest absolute Gasteiger partial charge is 0.410 e. The molecule has 0 N–H and O–H groups in total. The molecule has 0 aromatic carbocycles. The van der Waals surface area contributed by atoms with Crippen molar-refractivity contribution in [3.05, 3.63) is 46.5 Å². The molecule has 0 saturated carbocycles. The predicted molar refractivity (Wildman–Crippen MR) is 123 cm³/mol. The second kappa shape index (κ2) is 8.69. The molecule has 1 aliphatic heterocycles. The minimum atomic E-state index is -0.459. The normalized spacial score (nSPS) is 17.8. The standard InChI is InChI=1S/C23H28ClN3O2S/c1-23(2,3)29-22(28)27-12-10-26(11-13-27)15-16-6-8-18-17(21(16)24)7-9-19(25-18)20-5-4-14-30-20/h4-5,7,9,14H,6,8,10-13,15H2,1-3H3. The maximum atomic E-state index is 12.3. The van der Waals surface area contributed by atoms with Crippen molar-refractivity contribution in [1.82, 2.24) is 14.8 Å². The summed E-state index contributed by atoms with van der Waals surface area (Å²) < 4.78 is 5.49. The van der Waals surface area contributed by atoms with Crippen molar-refractivity contribution < 1.29 is 9.53 Å². The Hall–Kier alpha value is -1.89. The Labute approximate surface area is 187 Å². The summed E-state index contributed by atoms with van der Waals surface area (Å²) in [5, 5.41) is 2.92. The van der Waals surface area contributed by atoms with Crippen LogP contribution in [0, 0.1) is 0 Å². The van der Waals surface area contributed by atoms with Crippen molar-refractivity contribution in [3.8, 4) is 10.6 Å². The van der Waals surface area contributed by atoms with E-state index in [1.807, 2.05) is 20.8 Å². The first-order valence-corrected chi connectivity index (χ1v) is 11.7. The van der Waals surface area contributed by atoms with E-state index in [-0.39, 0.29) is 6.09 Å². The van der Waals surface area contributed by atoms with Crippen molar-refractivity contribution >= 4 is 34.1 Å². The van der Waals surface area contributed by atoms with Crippen LogP contribution in [0.1, 0.15) is 38.4 Å². The van der Waals surface area contributed by atoms with Gasteiger partial charge in [-0.2, -0.15) is 0 Å². The highest BCUT2D eigenvalue weighted by Gasteiger charge is 2.27. The Morgan fingerprint density at radius 2 is 1.93 bits per heavy atom. The Kier molecular flexibility index (Phi) is 6.19. The molecule has 2 aromatic heterocycles. The lowest BCUT2D eigenvalue weighted by molar-refractivity contribution is 0.0152. The average Bonchev–Trinajstić information content (AvgIpc) is 3.24.